The predicted molar refractivity (Wildman–Crippen MR) is 78.4 cm³/mol. The monoisotopic (exact) mass is 330 g/mol. The van der Waals surface area contributed by atoms with Gasteiger partial charge in [-0.25, -0.2) is 4.79 Å². The summed E-state index contributed by atoms with van der Waals surface area (Å²) in [5.41, 5.74) is 1.58. The number of hydrogen-bond acceptors (Lipinski definition) is 2. The highest BCUT2D eigenvalue weighted by molar-refractivity contribution is 6.33. The number of halogens is 2. The Bertz CT molecular complexity index is 496. The number of ether oxygens (including phenoxy) is 1. The van der Waals surface area contributed by atoms with Gasteiger partial charge in [-0.3, -0.25) is 5.32 Å². The number of quaternary nitrogens is 1. The van der Waals surface area contributed by atoms with Crippen LogP contribution in [-0.4, -0.2) is 31.8 Å². The van der Waals surface area contributed by atoms with Gasteiger partial charge in [0.2, 0.25) is 0 Å². The molecule has 2 bridgehead atoms. The van der Waals surface area contributed by atoms with Crippen LogP contribution in [0.5, 0.6) is 0 Å². The lowest BCUT2D eigenvalue weighted by atomic mass is 9.86. The second-order valence-electron chi connectivity index (χ2n) is 5.79. The normalized spacial score (nSPS) is 26.9. The van der Waals surface area contributed by atoms with Gasteiger partial charge in [-0.1, -0.05) is 23.7 Å². The van der Waals surface area contributed by atoms with Gasteiger partial charge in [0, 0.05) is 18.8 Å². The molecule has 116 valence electrons. The smallest absolute Gasteiger partial charge is 0.412 e. The van der Waals surface area contributed by atoms with Crippen molar-refractivity contribution in [3.05, 3.63) is 28.8 Å². The summed E-state index contributed by atoms with van der Waals surface area (Å²) in [7, 11) is 0. The molecule has 0 aromatic heterocycles. The number of amides is 1. The van der Waals surface area contributed by atoms with Crippen molar-refractivity contribution in [1.82, 2.24) is 0 Å². The van der Waals surface area contributed by atoms with Gasteiger partial charge < -0.3 is 22.0 Å². The van der Waals surface area contributed by atoms with Crippen molar-refractivity contribution in [3.8, 4) is 0 Å². The lowest BCUT2D eigenvalue weighted by Gasteiger charge is -2.40. The van der Waals surface area contributed by atoms with Gasteiger partial charge >= 0.3 is 6.09 Å². The van der Waals surface area contributed by atoms with Crippen LogP contribution in [0.4, 0.5) is 10.5 Å². The van der Waals surface area contributed by atoms with E-state index in [1.807, 2.05) is 19.1 Å². The zero-order valence-electron chi connectivity index (χ0n) is 12.0. The summed E-state index contributed by atoms with van der Waals surface area (Å²) in [4.78, 5) is 13.6. The van der Waals surface area contributed by atoms with E-state index in [1.54, 1.807) is 11.0 Å². The second kappa shape index (κ2) is 6.86. The van der Waals surface area contributed by atoms with Crippen LogP contribution in [0.15, 0.2) is 18.2 Å². The maximum absolute atomic E-state index is 12.1. The Hall–Kier alpha value is -0.970. The molecule has 4 nitrogen and oxygen atoms in total. The van der Waals surface area contributed by atoms with E-state index in [4.69, 9.17) is 16.3 Å². The average Bonchev–Trinajstić information content (AvgIpc) is 2.44. The molecular formula is C15H20Cl2N2O2. The molecule has 0 aliphatic carbocycles. The standard InChI is InChI=1S/C15H19ClN2O2.ClH/c1-10-3-2-4-12(16)14(10)17-15(19)20-13-9-18-7-5-11(13)6-8-18;/h2-4,11,13H,5-9H2,1H3,(H,17,19);1H. The third-order valence-corrected chi connectivity index (χ3v) is 4.78. The molecule has 21 heavy (non-hydrogen) atoms. The zero-order valence-corrected chi connectivity index (χ0v) is 13.5. The van der Waals surface area contributed by atoms with E-state index in [2.05, 4.69) is 5.32 Å². The molecule has 1 amide bonds. The molecule has 0 saturated carbocycles. The van der Waals surface area contributed by atoms with Gasteiger partial charge in [0.25, 0.3) is 0 Å². The molecule has 3 heterocycles. The zero-order chi connectivity index (χ0) is 14.1. The van der Waals surface area contributed by atoms with Crippen molar-refractivity contribution in [2.24, 2.45) is 5.92 Å². The summed E-state index contributed by atoms with van der Waals surface area (Å²) >= 11 is 6.10. The quantitative estimate of drug-likeness (QED) is 0.721. The number of anilines is 1. The van der Waals surface area contributed by atoms with Crippen LogP contribution in [0.3, 0.4) is 0 Å². The molecular weight excluding hydrogens is 311 g/mol. The minimum Gasteiger partial charge on any atom is -1.00 e. The molecule has 3 saturated heterocycles. The first kappa shape index (κ1) is 16.4. The molecule has 1 unspecified atom stereocenters. The first-order chi connectivity index (χ1) is 9.63. The molecule has 2 N–H and O–H groups in total. The maximum atomic E-state index is 12.1. The largest absolute Gasteiger partial charge is 1.00 e. The number of aryl methyl sites for hydroxylation is 1. The molecule has 3 aliphatic rings. The number of carbonyl (C=O) groups is 1. The van der Waals surface area contributed by atoms with Crippen LogP contribution in [-0.2, 0) is 4.74 Å². The highest BCUT2D eigenvalue weighted by Gasteiger charge is 2.39. The molecule has 6 heteroatoms. The highest BCUT2D eigenvalue weighted by Crippen LogP contribution is 2.26. The van der Waals surface area contributed by atoms with Gasteiger partial charge in [-0.05, 0) is 18.6 Å². The van der Waals surface area contributed by atoms with E-state index in [9.17, 15) is 4.79 Å². The number of carbonyl (C=O) groups excluding carboxylic acids is 1. The number of benzene rings is 1. The highest BCUT2D eigenvalue weighted by atomic mass is 35.5. The fraction of sp³-hybridized carbons (Fsp3) is 0.533. The maximum Gasteiger partial charge on any atom is 0.412 e. The van der Waals surface area contributed by atoms with Gasteiger partial charge in [0.05, 0.1) is 23.8 Å². The van der Waals surface area contributed by atoms with E-state index in [1.165, 1.54) is 25.9 Å². The number of fused-ring (bicyclic) bond motifs is 3. The van der Waals surface area contributed by atoms with Crippen molar-refractivity contribution in [2.45, 2.75) is 25.9 Å². The number of rotatable bonds is 2. The first-order valence-electron chi connectivity index (χ1n) is 7.20. The third-order valence-electron chi connectivity index (χ3n) is 4.46. The Morgan fingerprint density at radius 3 is 2.67 bits per heavy atom. The van der Waals surface area contributed by atoms with E-state index in [0.29, 0.717) is 16.6 Å². The SMILES string of the molecule is Cc1cccc(Cl)c1NC(=O)OC1C[NH+]2CCC1CC2.[Cl-]. The summed E-state index contributed by atoms with van der Waals surface area (Å²) in [6.07, 6.45) is 1.99. The van der Waals surface area contributed by atoms with Crippen LogP contribution < -0.4 is 22.6 Å². The molecule has 1 aromatic rings. The van der Waals surface area contributed by atoms with Gasteiger partial charge in [-0.2, -0.15) is 0 Å². The van der Waals surface area contributed by atoms with E-state index in [0.717, 1.165) is 12.1 Å². The van der Waals surface area contributed by atoms with Crippen molar-refractivity contribution in [2.75, 3.05) is 25.0 Å². The van der Waals surface area contributed by atoms with Gasteiger partial charge in [0.1, 0.15) is 6.54 Å². The Morgan fingerprint density at radius 2 is 2.10 bits per heavy atom. The van der Waals surface area contributed by atoms with Crippen molar-refractivity contribution >= 4 is 23.4 Å². The van der Waals surface area contributed by atoms with Crippen molar-refractivity contribution < 1.29 is 26.8 Å². The lowest BCUT2D eigenvalue weighted by Crippen LogP contribution is -3.16. The molecule has 0 spiro atoms. The Balaban J connectivity index is 0.00000161. The lowest BCUT2D eigenvalue weighted by molar-refractivity contribution is -0.920. The topological polar surface area (TPSA) is 42.8 Å². The van der Waals surface area contributed by atoms with Crippen LogP contribution in [0, 0.1) is 12.8 Å². The van der Waals surface area contributed by atoms with Gasteiger partial charge in [-0.15, -0.1) is 0 Å². The van der Waals surface area contributed by atoms with Crippen LogP contribution in [0.2, 0.25) is 5.02 Å². The van der Waals surface area contributed by atoms with Crippen LogP contribution in [0.25, 0.3) is 0 Å². The summed E-state index contributed by atoms with van der Waals surface area (Å²) in [5.74, 6) is 0.533. The summed E-state index contributed by atoms with van der Waals surface area (Å²) in [6.45, 7) is 5.30. The second-order valence-corrected chi connectivity index (χ2v) is 6.20. The fourth-order valence-corrected chi connectivity index (χ4v) is 3.54. The van der Waals surface area contributed by atoms with Crippen molar-refractivity contribution in [1.29, 1.82) is 0 Å². The average molecular weight is 331 g/mol. The minimum atomic E-state index is -0.389. The summed E-state index contributed by atoms with van der Waals surface area (Å²) < 4.78 is 5.61. The number of para-hydroxylation sites is 1. The Labute approximate surface area is 136 Å². The van der Waals surface area contributed by atoms with E-state index < -0.39 is 0 Å². The third kappa shape index (κ3) is 3.62. The minimum absolute atomic E-state index is 0. The van der Waals surface area contributed by atoms with Crippen LogP contribution in [0.1, 0.15) is 18.4 Å². The Kier molecular flexibility index (Phi) is 5.36. The predicted octanol–water partition coefficient (Wildman–Crippen LogP) is -1.12. The molecule has 1 aromatic carbocycles. The molecule has 1 atom stereocenters. The van der Waals surface area contributed by atoms with Crippen LogP contribution >= 0.6 is 11.6 Å². The molecule has 0 radical (unpaired) electrons. The van der Waals surface area contributed by atoms with E-state index >= 15 is 0 Å². The number of hydrogen-bond donors (Lipinski definition) is 2. The van der Waals surface area contributed by atoms with Crippen molar-refractivity contribution in [3.63, 3.8) is 0 Å². The molecule has 3 aliphatic heterocycles. The van der Waals surface area contributed by atoms with Gasteiger partial charge in [0.15, 0.2) is 6.10 Å². The fourth-order valence-electron chi connectivity index (χ4n) is 3.27. The summed E-state index contributed by atoms with van der Waals surface area (Å²) in [6, 6.07) is 5.55. The molecule has 4 rings (SSSR count). The molecule has 3 fully saturated rings. The Morgan fingerprint density at radius 1 is 1.38 bits per heavy atom. The first-order valence-corrected chi connectivity index (χ1v) is 7.57. The number of piperidine rings is 3. The number of nitrogens with one attached hydrogen (secondary N) is 2. The van der Waals surface area contributed by atoms with E-state index in [-0.39, 0.29) is 24.6 Å². The summed E-state index contributed by atoms with van der Waals surface area (Å²) in [5, 5.41) is 3.33.